The molecule has 0 bridgehead atoms. The molecule has 1 aliphatic carbocycles. The van der Waals surface area contributed by atoms with E-state index in [1.807, 2.05) is 42.5 Å². The van der Waals surface area contributed by atoms with E-state index in [1.165, 1.54) is 11.8 Å². The van der Waals surface area contributed by atoms with E-state index in [2.05, 4.69) is 25.5 Å². The van der Waals surface area contributed by atoms with Gasteiger partial charge in [-0.3, -0.25) is 14.9 Å². The third kappa shape index (κ3) is 3.88. The molecule has 0 spiro atoms. The third-order valence-corrected chi connectivity index (χ3v) is 5.02. The van der Waals surface area contributed by atoms with Crippen LogP contribution in [0, 0.1) is 0 Å². The van der Waals surface area contributed by atoms with Crippen molar-refractivity contribution >= 4 is 17.7 Å². The number of amides is 1. The Morgan fingerprint density at radius 2 is 1.92 bits per heavy atom. The Balaban J connectivity index is 1.56. The summed E-state index contributed by atoms with van der Waals surface area (Å²) >= 11 is 1.35. The van der Waals surface area contributed by atoms with Gasteiger partial charge in [0.1, 0.15) is 5.25 Å². The Hall–Kier alpha value is -2.67. The number of H-pyrrole nitrogens is 1. The molecule has 6 nitrogen and oxygen atoms in total. The van der Waals surface area contributed by atoms with Crippen molar-refractivity contribution in [2.75, 3.05) is 0 Å². The van der Waals surface area contributed by atoms with Gasteiger partial charge in [0, 0.05) is 24.0 Å². The second-order valence-electron chi connectivity index (χ2n) is 5.89. The maximum Gasteiger partial charge on any atom is 0.238 e. The number of pyridine rings is 1. The predicted octanol–water partition coefficient (Wildman–Crippen LogP) is 2.98. The maximum absolute atomic E-state index is 12.7. The third-order valence-electron chi connectivity index (χ3n) is 3.91. The predicted molar refractivity (Wildman–Crippen MR) is 95.8 cm³/mol. The molecular weight excluding hydrogens is 334 g/mol. The van der Waals surface area contributed by atoms with E-state index >= 15 is 0 Å². The van der Waals surface area contributed by atoms with Gasteiger partial charge in [-0.1, -0.05) is 42.1 Å². The molecule has 1 aliphatic rings. The molecule has 126 valence electrons. The Labute approximate surface area is 149 Å². The Bertz CT molecular complexity index is 848. The van der Waals surface area contributed by atoms with Gasteiger partial charge in [0.15, 0.2) is 5.82 Å². The number of benzene rings is 1. The van der Waals surface area contributed by atoms with Gasteiger partial charge in [-0.05, 0) is 30.5 Å². The SMILES string of the molecule is O=C(NC1CC1)[C@@H](Sc1n[nH]c(-c2ccncc2)n1)c1ccccc1. The average molecular weight is 351 g/mol. The van der Waals surface area contributed by atoms with Crippen LogP contribution < -0.4 is 5.32 Å². The first-order valence-electron chi connectivity index (χ1n) is 8.14. The Morgan fingerprint density at radius 1 is 1.16 bits per heavy atom. The molecule has 1 aromatic carbocycles. The Kier molecular flexibility index (Phi) is 4.47. The van der Waals surface area contributed by atoms with Gasteiger partial charge in [-0.2, -0.15) is 0 Å². The molecule has 1 saturated carbocycles. The molecular formula is C18H17N5OS. The van der Waals surface area contributed by atoms with Gasteiger partial charge >= 0.3 is 0 Å². The normalized spacial score (nSPS) is 14.9. The highest BCUT2D eigenvalue weighted by Crippen LogP contribution is 2.35. The largest absolute Gasteiger partial charge is 0.352 e. The number of carbonyl (C=O) groups is 1. The zero-order valence-electron chi connectivity index (χ0n) is 13.4. The summed E-state index contributed by atoms with van der Waals surface area (Å²) < 4.78 is 0. The zero-order valence-corrected chi connectivity index (χ0v) is 14.2. The quantitative estimate of drug-likeness (QED) is 0.667. The van der Waals surface area contributed by atoms with Crippen LogP contribution in [0.5, 0.6) is 0 Å². The summed E-state index contributed by atoms with van der Waals surface area (Å²) in [5.74, 6) is 0.674. The van der Waals surface area contributed by atoms with E-state index < -0.39 is 0 Å². The van der Waals surface area contributed by atoms with Crippen LogP contribution in [0.4, 0.5) is 0 Å². The molecule has 2 N–H and O–H groups in total. The first-order valence-corrected chi connectivity index (χ1v) is 9.02. The molecule has 0 unspecified atom stereocenters. The summed E-state index contributed by atoms with van der Waals surface area (Å²) in [4.78, 5) is 21.2. The number of hydrogen-bond acceptors (Lipinski definition) is 5. The number of rotatable bonds is 6. The van der Waals surface area contributed by atoms with Gasteiger partial charge in [-0.15, -0.1) is 5.10 Å². The highest BCUT2D eigenvalue weighted by Gasteiger charge is 2.30. The second kappa shape index (κ2) is 7.06. The highest BCUT2D eigenvalue weighted by atomic mass is 32.2. The van der Waals surface area contributed by atoms with E-state index in [0.29, 0.717) is 17.0 Å². The minimum absolute atomic E-state index is 0.00830. The fourth-order valence-electron chi connectivity index (χ4n) is 2.45. The van der Waals surface area contributed by atoms with Crippen molar-refractivity contribution < 1.29 is 4.79 Å². The number of carbonyl (C=O) groups excluding carboxylic acids is 1. The lowest BCUT2D eigenvalue weighted by Crippen LogP contribution is -2.29. The van der Waals surface area contributed by atoms with Crippen LogP contribution in [-0.2, 0) is 4.79 Å². The molecule has 3 aromatic rings. The number of aromatic amines is 1. The van der Waals surface area contributed by atoms with Crippen molar-refractivity contribution in [3.05, 3.63) is 60.4 Å². The number of nitrogens with zero attached hydrogens (tertiary/aromatic N) is 3. The van der Waals surface area contributed by atoms with Gasteiger partial charge in [0.2, 0.25) is 11.1 Å². The first-order chi connectivity index (χ1) is 12.3. The zero-order chi connectivity index (χ0) is 17.1. The molecule has 1 fully saturated rings. The van der Waals surface area contributed by atoms with Crippen molar-refractivity contribution in [2.45, 2.75) is 29.3 Å². The molecule has 1 atom stereocenters. The van der Waals surface area contributed by atoms with Gasteiger partial charge in [0.05, 0.1) is 0 Å². The fraction of sp³-hybridized carbons (Fsp3) is 0.222. The lowest BCUT2D eigenvalue weighted by Gasteiger charge is -2.15. The second-order valence-corrected chi connectivity index (χ2v) is 6.97. The van der Waals surface area contributed by atoms with E-state index in [9.17, 15) is 4.79 Å². The maximum atomic E-state index is 12.7. The van der Waals surface area contributed by atoms with Crippen LogP contribution in [0.25, 0.3) is 11.4 Å². The van der Waals surface area contributed by atoms with E-state index in [1.54, 1.807) is 12.4 Å². The van der Waals surface area contributed by atoms with Crippen molar-refractivity contribution in [1.82, 2.24) is 25.5 Å². The molecule has 25 heavy (non-hydrogen) atoms. The molecule has 0 radical (unpaired) electrons. The molecule has 7 heteroatoms. The summed E-state index contributed by atoms with van der Waals surface area (Å²) in [6.07, 6.45) is 5.54. The summed E-state index contributed by atoms with van der Waals surface area (Å²) in [6, 6.07) is 13.8. The van der Waals surface area contributed by atoms with Crippen LogP contribution >= 0.6 is 11.8 Å². The summed E-state index contributed by atoms with van der Waals surface area (Å²) in [6.45, 7) is 0. The number of thioether (sulfide) groups is 1. The summed E-state index contributed by atoms with van der Waals surface area (Å²) in [5.41, 5.74) is 1.86. The minimum Gasteiger partial charge on any atom is -0.352 e. The molecule has 0 aliphatic heterocycles. The topological polar surface area (TPSA) is 83.6 Å². The van der Waals surface area contributed by atoms with Gasteiger partial charge < -0.3 is 5.32 Å². The van der Waals surface area contributed by atoms with Crippen LogP contribution in [0.15, 0.2) is 60.0 Å². The monoisotopic (exact) mass is 351 g/mol. The molecule has 2 heterocycles. The number of hydrogen-bond donors (Lipinski definition) is 2. The lowest BCUT2D eigenvalue weighted by molar-refractivity contribution is -0.120. The molecule has 4 rings (SSSR count). The fourth-order valence-corrected chi connectivity index (χ4v) is 3.37. The summed E-state index contributed by atoms with van der Waals surface area (Å²) in [7, 11) is 0. The van der Waals surface area contributed by atoms with Gasteiger partial charge in [-0.25, -0.2) is 4.98 Å². The van der Waals surface area contributed by atoms with Crippen molar-refractivity contribution in [3.8, 4) is 11.4 Å². The number of aromatic nitrogens is 4. The Morgan fingerprint density at radius 3 is 2.64 bits per heavy atom. The van der Waals surface area contributed by atoms with Crippen LogP contribution in [0.2, 0.25) is 0 Å². The van der Waals surface area contributed by atoms with Crippen molar-refractivity contribution in [1.29, 1.82) is 0 Å². The van der Waals surface area contributed by atoms with Crippen LogP contribution in [0.3, 0.4) is 0 Å². The van der Waals surface area contributed by atoms with E-state index in [-0.39, 0.29) is 11.2 Å². The van der Waals surface area contributed by atoms with Crippen molar-refractivity contribution in [3.63, 3.8) is 0 Å². The van der Waals surface area contributed by atoms with E-state index in [4.69, 9.17) is 0 Å². The van der Waals surface area contributed by atoms with Gasteiger partial charge in [0.25, 0.3) is 0 Å². The number of nitrogens with one attached hydrogen (secondary N) is 2. The standard InChI is InChI=1S/C18H17N5OS/c24-17(20-14-6-7-14)15(12-4-2-1-3-5-12)25-18-21-16(22-23-18)13-8-10-19-11-9-13/h1-5,8-11,14-15H,6-7H2,(H,20,24)(H,21,22,23)/t15-/m0/s1. The smallest absolute Gasteiger partial charge is 0.238 e. The molecule has 0 saturated heterocycles. The van der Waals surface area contributed by atoms with Crippen molar-refractivity contribution in [2.24, 2.45) is 0 Å². The average Bonchev–Trinajstić information content (AvgIpc) is 3.35. The minimum atomic E-state index is -0.372. The molecule has 2 aromatic heterocycles. The summed E-state index contributed by atoms with van der Waals surface area (Å²) in [5, 5.41) is 10.4. The lowest BCUT2D eigenvalue weighted by atomic mass is 10.1. The van der Waals surface area contributed by atoms with Crippen LogP contribution in [0.1, 0.15) is 23.7 Å². The van der Waals surface area contributed by atoms with Crippen LogP contribution in [-0.4, -0.2) is 32.1 Å². The van der Waals surface area contributed by atoms with E-state index in [0.717, 1.165) is 24.0 Å². The first kappa shape index (κ1) is 15.8. The highest BCUT2D eigenvalue weighted by molar-refractivity contribution is 8.00. The molecule has 1 amide bonds.